The highest BCUT2D eigenvalue weighted by Gasteiger charge is 2.26. The van der Waals surface area contributed by atoms with E-state index in [4.69, 9.17) is 18.5 Å². The minimum absolute atomic E-state index is 0.0704. The molecule has 0 aromatic heterocycles. The molecule has 2 unspecified atom stereocenters. The molecule has 0 aromatic carbocycles. The molecule has 9 heteroatoms. The summed E-state index contributed by atoms with van der Waals surface area (Å²) in [5, 5.41) is 0. The topological polar surface area (TPSA) is 91.3 Å². The third-order valence-corrected chi connectivity index (χ3v) is 10.1. The monoisotopic (exact) mass is 845 g/mol. The first-order valence-electron chi connectivity index (χ1n) is 23.0. The fourth-order valence-corrected chi connectivity index (χ4v) is 6.34. The molecule has 0 saturated heterocycles. The Kier molecular flexibility index (Phi) is 40.3. The van der Waals surface area contributed by atoms with Crippen LogP contribution in [0.25, 0.3) is 0 Å². The molecule has 0 amide bonds. The lowest BCUT2D eigenvalue weighted by Crippen LogP contribution is -2.37. The van der Waals surface area contributed by atoms with Gasteiger partial charge in [0.1, 0.15) is 19.3 Å². The average molecular weight is 845 g/mol. The molecule has 0 radical (unpaired) electrons. The van der Waals surface area contributed by atoms with E-state index in [1.165, 1.54) is 51.4 Å². The molecule has 0 spiro atoms. The Morgan fingerprint density at radius 2 is 0.983 bits per heavy atom. The predicted molar refractivity (Wildman–Crippen MR) is 251 cm³/mol. The number of rotatable bonds is 41. The zero-order chi connectivity index (χ0) is 43.4. The number of nitrogens with zero attached hydrogens (tertiary/aromatic N) is 1. The molecule has 0 rings (SSSR count). The maximum absolute atomic E-state index is 12.7. The number of phosphoric acid groups is 1. The summed E-state index contributed by atoms with van der Waals surface area (Å²) in [6.45, 7) is 5.28. The largest absolute Gasteiger partial charge is 0.472 e. The molecule has 1 N–H and O–H groups in total. The molecule has 0 aliphatic carbocycles. The fourth-order valence-electron chi connectivity index (χ4n) is 5.60. The Morgan fingerprint density at radius 1 is 0.542 bits per heavy atom. The van der Waals surface area contributed by atoms with E-state index < -0.39 is 13.9 Å². The smallest absolute Gasteiger partial charge is 0.457 e. The molecule has 338 valence electrons. The van der Waals surface area contributed by atoms with Gasteiger partial charge >= 0.3 is 13.8 Å². The molecule has 8 nitrogen and oxygen atoms in total. The van der Waals surface area contributed by atoms with E-state index in [1.54, 1.807) is 0 Å². The van der Waals surface area contributed by atoms with Gasteiger partial charge in [-0.15, -0.1) is 0 Å². The second-order valence-electron chi connectivity index (χ2n) is 16.0. The number of carbonyl (C=O) groups excluding carboxylic acids is 1. The van der Waals surface area contributed by atoms with E-state index in [0.29, 0.717) is 24.1 Å². The van der Waals surface area contributed by atoms with Gasteiger partial charge in [-0.3, -0.25) is 13.8 Å². The first kappa shape index (κ1) is 56.4. The van der Waals surface area contributed by atoms with Crippen LogP contribution in [0.5, 0.6) is 0 Å². The van der Waals surface area contributed by atoms with Gasteiger partial charge in [-0.2, -0.15) is 0 Å². The summed E-state index contributed by atoms with van der Waals surface area (Å²) < 4.78 is 34.9. The van der Waals surface area contributed by atoms with Crippen molar-refractivity contribution in [2.24, 2.45) is 0 Å². The van der Waals surface area contributed by atoms with E-state index in [0.717, 1.165) is 83.5 Å². The van der Waals surface area contributed by atoms with E-state index in [9.17, 15) is 14.3 Å². The summed E-state index contributed by atoms with van der Waals surface area (Å²) >= 11 is 0. The zero-order valence-corrected chi connectivity index (χ0v) is 39.1. The number of ether oxygens (including phenoxy) is 2. The number of carbonyl (C=O) groups is 1. The average Bonchev–Trinajstić information content (AvgIpc) is 3.19. The van der Waals surface area contributed by atoms with Crippen molar-refractivity contribution in [3.63, 3.8) is 0 Å². The standard InChI is InChI=1S/C50H86NO7P/c1-6-8-10-12-14-16-18-20-22-24-25-26-28-30-32-34-36-38-40-42-45-55-47-49(48-57-59(53,54)56-46-44-51(3,4)5)58-50(52)43-41-39-37-35-33-31-29-27-23-21-19-17-15-13-11-9-7-2/h8,10,14-17,20-23,25-26,30,32,36,38,49H,6-7,9,11-13,18-19,24,27-29,31,33-35,37,39-48H2,1-5H3/p+1/b10-8-,16-14-,17-15-,22-20-,23-21-,26-25-,32-30-,38-36-. The predicted octanol–water partition coefficient (Wildman–Crippen LogP) is 13.8. The number of quaternary nitrogens is 1. The Hall–Kier alpha value is -2.58. The zero-order valence-electron chi connectivity index (χ0n) is 38.2. The first-order valence-corrected chi connectivity index (χ1v) is 24.5. The minimum Gasteiger partial charge on any atom is -0.457 e. The summed E-state index contributed by atoms with van der Waals surface area (Å²) in [5.41, 5.74) is 0. The summed E-state index contributed by atoms with van der Waals surface area (Å²) in [5.74, 6) is -0.346. The maximum atomic E-state index is 12.7. The number of esters is 1. The van der Waals surface area contributed by atoms with Crippen LogP contribution in [0.15, 0.2) is 97.2 Å². The van der Waals surface area contributed by atoms with Crippen LogP contribution in [0.3, 0.4) is 0 Å². The first-order chi connectivity index (χ1) is 28.6. The van der Waals surface area contributed by atoms with Crippen LogP contribution in [0.1, 0.15) is 155 Å². The number of allylic oxidation sites excluding steroid dienone is 16. The number of unbranched alkanes of at least 4 members (excludes halogenated alkanes) is 11. The molecule has 0 fully saturated rings. The Labute approximate surface area is 362 Å². The van der Waals surface area contributed by atoms with Crippen LogP contribution in [-0.4, -0.2) is 75.6 Å². The van der Waals surface area contributed by atoms with E-state index in [2.05, 4.69) is 111 Å². The van der Waals surface area contributed by atoms with Crippen LogP contribution >= 0.6 is 7.82 Å². The highest BCUT2D eigenvalue weighted by Crippen LogP contribution is 2.43. The Bertz CT molecular complexity index is 1260. The van der Waals surface area contributed by atoms with Gasteiger partial charge in [0, 0.05) is 13.0 Å². The molecular weight excluding hydrogens is 758 g/mol. The van der Waals surface area contributed by atoms with Crippen LogP contribution in [0, 0.1) is 0 Å². The normalized spacial score (nSPS) is 14.6. The number of hydrogen-bond donors (Lipinski definition) is 1. The minimum atomic E-state index is -4.30. The lowest BCUT2D eigenvalue weighted by Gasteiger charge is -2.24. The van der Waals surface area contributed by atoms with Crippen molar-refractivity contribution < 1.29 is 37.3 Å². The van der Waals surface area contributed by atoms with E-state index in [-0.39, 0.29) is 25.8 Å². The van der Waals surface area contributed by atoms with Crippen LogP contribution < -0.4 is 0 Å². The number of hydrogen-bond acceptors (Lipinski definition) is 6. The van der Waals surface area contributed by atoms with Gasteiger partial charge < -0.3 is 18.9 Å². The summed E-state index contributed by atoms with van der Waals surface area (Å²) in [6, 6.07) is 0. The van der Waals surface area contributed by atoms with Gasteiger partial charge in [-0.25, -0.2) is 4.57 Å². The van der Waals surface area contributed by atoms with Gasteiger partial charge in [-0.05, 0) is 89.9 Å². The van der Waals surface area contributed by atoms with Crippen molar-refractivity contribution in [3.8, 4) is 0 Å². The van der Waals surface area contributed by atoms with Gasteiger partial charge in [0.05, 0.1) is 34.4 Å². The highest BCUT2D eigenvalue weighted by molar-refractivity contribution is 7.47. The van der Waals surface area contributed by atoms with Crippen LogP contribution in [0.2, 0.25) is 0 Å². The molecule has 0 aliphatic rings. The van der Waals surface area contributed by atoms with Crippen molar-refractivity contribution in [2.75, 3.05) is 54.1 Å². The summed E-state index contributed by atoms with van der Waals surface area (Å²) in [6.07, 6.45) is 57.4. The highest BCUT2D eigenvalue weighted by atomic mass is 31.2. The Balaban J connectivity index is 4.36. The van der Waals surface area contributed by atoms with Crippen LogP contribution in [0.4, 0.5) is 0 Å². The van der Waals surface area contributed by atoms with Gasteiger partial charge in [-0.1, -0.05) is 156 Å². The van der Waals surface area contributed by atoms with Gasteiger partial charge in [0.25, 0.3) is 0 Å². The van der Waals surface area contributed by atoms with Crippen molar-refractivity contribution in [1.82, 2.24) is 0 Å². The third kappa shape index (κ3) is 46.3. The fraction of sp³-hybridized carbons (Fsp3) is 0.660. The van der Waals surface area contributed by atoms with Crippen molar-refractivity contribution in [1.29, 1.82) is 0 Å². The van der Waals surface area contributed by atoms with E-state index in [1.807, 2.05) is 21.1 Å². The summed E-state index contributed by atoms with van der Waals surface area (Å²) in [7, 11) is 1.61. The lowest BCUT2D eigenvalue weighted by molar-refractivity contribution is -0.870. The second kappa shape index (κ2) is 42.1. The number of likely N-dealkylation sites (N-methyl/N-ethyl adjacent to an activating group) is 1. The van der Waals surface area contributed by atoms with Crippen molar-refractivity contribution in [2.45, 2.75) is 161 Å². The number of phosphoric ester groups is 1. The maximum Gasteiger partial charge on any atom is 0.472 e. The molecule has 0 aliphatic heterocycles. The third-order valence-electron chi connectivity index (χ3n) is 9.13. The van der Waals surface area contributed by atoms with E-state index >= 15 is 0 Å². The SMILES string of the molecule is CC/C=C\C/C=C\C/C=C\C/C=C\C/C=C\C/C=C\CCCOCC(COP(=O)(O)OCC[N+](C)(C)C)OC(=O)CCCCCCCCC/C=C\C/C=C\CCCCC. The molecule has 0 aromatic rings. The molecular formula is C50H87NO7P+. The van der Waals surface area contributed by atoms with Gasteiger partial charge in [0.15, 0.2) is 0 Å². The molecule has 0 bridgehead atoms. The summed E-state index contributed by atoms with van der Waals surface area (Å²) in [4.78, 5) is 22.9. The molecule has 0 saturated carbocycles. The van der Waals surface area contributed by atoms with Crippen LogP contribution in [-0.2, 0) is 27.9 Å². The molecule has 59 heavy (non-hydrogen) atoms. The second-order valence-corrected chi connectivity index (χ2v) is 17.5. The van der Waals surface area contributed by atoms with Crippen molar-refractivity contribution in [3.05, 3.63) is 97.2 Å². The van der Waals surface area contributed by atoms with Gasteiger partial charge in [0.2, 0.25) is 0 Å². The quantitative estimate of drug-likeness (QED) is 0.0215. The molecule has 2 atom stereocenters. The van der Waals surface area contributed by atoms with Crippen molar-refractivity contribution >= 4 is 13.8 Å². The molecule has 0 heterocycles. The Morgan fingerprint density at radius 3 is 1.47 bits per heavy atom. The lowest BCUT2D eigenvalue weighted by atomic mass is 10.1.